The Morgan fingerprint density at radius 2 is 1.96 bits per heavy atom. The highest BCUT2D eigenvalue weighted by molar-refractivity contribution is 7.85. The first-order valence-corrected chi connectivity index (χ1v) is 8.03. The number of esters is 1. The molecule has 0 aliphatic rings. The first-order valence-electron chi connectivity index (χ1n) is 6.59. The maximum absolute atomic E-state index is 11.8. The number of nitrogens with one attached hydrogen (secondary N) is 1. The highest BCUT2D eigenvalue weighted by atomic mass is 32.2. The summed E-state index contributed by atoms with van der Waals surface area (Å²) in [5.74, 6) is -2.01. The molecule has 2 atom stereocenters. The molecule has 0 heterocycles. The minimum absolute atomic E-state index is 0.198. The topological polar surface area (TPSA) is 153 Å². The van der Waals surface area contributed by atoms with Crippen LogP contribution in [0.4, 0.5) is 11.4 Å². The van der Waals surface area contributed by atoms with Crippen LogP contribution in [-0.2, 0) is 24.4 Å². The van der Waals surface area contributed by atoms with Crippen molar-refractivity contribution in [3.8, 4) is 0 Å². The van der Waals surface area contributed by atoms with Crippen molar-refractivity contribution in [2.24, 2.45) is 5.92 Å². The molecule has 11 heteroatoms. The lowest BCUT2D eigenvalue weighted by Crippen LogP contribution is -2.39. The Labute approximate surface area is 137 Å². The number of methoxy groups -OCH3 is 1. The van der Waals surface area contributed by atoms with E-state index in [2.05, 4.69) is 10.1 Å². The van der Waals surface area contributed by atoms with Gasteiger partial charge in [-0.15, -0.1) is 0 Å². The Hall–Kier alpha value is -2.53. The Morgan fingerprint density at radius 3 is 2.38 bits per heavy atom. The van der Waals surface area contributed by atoms with Gasteiger partial charge in [-0.05, 0) is 19.1 Å². The number of carbonyl (C=O) groups excluding carboxylic acids is 2. The Bertz CT molecular complexity index is 774. The molecule has 0 saturated heterocycles. The molecule has 1 aromatic carbocycles. The van der Waals surface area contributed by atoms with Crippen molar-refractivity contribution in [1.29, 1.82) is 0 Å². The number of benzene rings is 1. The third-order valence-electron chi connectivity index (χ3n) is 3.37. The normalized spacial score (nSPS) is 13.7. The number of Topliss-reactive ketones (excluding diaryl/α,β-unsaturated/α-hetero) is 1. The molecule has 0 fully saturated rings. The van der Waals surface area contributed by atoms with E-state index in [0.717, 1.165) is 19.2 Å². The maximum atomic E-state index is 11.8. The molecule has 0 aliphatic carbocycles. The zero-order valence-electron chi connectivity index (χ0n) is 13.0. The first-order chi connectivity index (χ1) is 11.0. The standard InChI is InChI=1S/C13H16N2O8S/c1-7(8(2)16)12(13(17)23-3)14-10-5-4-9(24(20,21)22)6-11(10)15(18)19/h4-7,12,14H,1-3H3,(H,20,21,22)/t7-,12-/m0/s1. The number of nitro benzene ring substituents is 1. The van der Waals surface area contributed by atoms with Gasteiger partial charge in [-0.3, -0.25) is 19.5 Å². The van der Waals surface area contributed by atoms with Gasteiger partial charge in [-0.1, -0.05) is 6.92 Å². The third-order valence-corrected chi connectivity index (χ3v) is 4.22. The molecule has 0 spiro atoms. The van der Waals surface area contributed by atoms with E-state index < -0.39 is 43.6 Å². The lowest BCUT2D eigenvalue weighted by atomic mass is 9.97. The van der Waals surface area contributed by atoms with Crippen LogP contribution in [0.3, 0.4) is 0 Å². The number of nitro groups is 1. The number of rotatable bonds is 7. The van der Waals surface area contributed by atoms with Gasteiger partial charge >= 0.3 is 5.97 Å². The van der Waals surface area contributed by atoms with Crippen LogP contribution in [0.25, 0.3) is 0 Å². The Kier molecular flexibility index (Phi) is 5.99. The summed E-state index contributed by atoms with van der Waals surface area (Å²) in [5, 5.41) is 13.7. The molecule has 132 valence electrons. The molecular weight excluding hydrogens is 344 g/mol. The van der Waals surface area contributed by atoms with E-state index in [0.29, 0.717) is 6.07 Å². The predicted molar refractivity (Wildman–Crippen MR) is 82.2 cm³/mol. The number of nitrogens with zero attached hydrogens (tertiary/aromatic N) is 1. The van der Waals surface area contributed by atoms with Gasteiger partial charge in [-0.25, -0.2) is 4.79 Å². The van der Waals surface area contributed by atoms with Crippen LogP contribution in [-0.4, -0.2) is 42.8 Å². The smallest absolute Gasteiger partial charge is 0.329 e. The maximum Gasteiger partial charge on any atom is 0.329 e. The van der Waals surface area contributed by atoms with Gasteiger partial charge in [0.05, 0.1) is 12.0 Å². The van der Waals surface area contributed by atoms with E-state index in [-0.39, 0.29) is 11.5 Å². The second-order valence-electron chi connectivity index (χ2n) is 4.96. The minimum atomic E-state index is -4.63. The number of hydrogen-bond donors (Lipinski definition) is 2. The zero-order valence-corrected chi connectivity index (χ0v) is 13.9. The minimum Gasteiger partial charge on any atom is -0.467 e. The highest BCUT2D eigenvalue weighted by Crippen LogP contribution is 2.29. The molecular formula is C13H16N2O8S. The molecule has 1 aromatic rings. The summed E-state index contributed by atoms with van der Waals surface area (Å²) < 4.78 is 35.7. The SMILES string of the molecule is COC(=O)[C@@H](Nc1ccc(S(=O)(=O)O)cc1[N+](=O)[O-])[C@@H](C)C(C)=O. The summed E-state index contributed by atoms with van der Waals surface area (Å²) in [5.41, 5.74) is -0.884. The third kappa shape index (κ3) is 4.49. The van der Waals surface area contributed by atoms with Gasteiger partial charge in [0.25, 0.3) is 15.8 Å². The predicted octanol–water partition coefficient (Wildman–Crippen LogP) is 1.02. The number of carbonyl (C=O) groups is 2. The second-order valence-corrected chi connectivity index (χ2v) is 6.38. The molecule has 0 bridgehead atoms. The lowest BCUT2D eigenvalue weighted by Gasteiger charge is -2.22. The van der Waals surface area contributed by atoms with Crippen LogP contribution in [0.2, 0.25) is 0 Å². The molecule has 24 heavy (non-hydrogen) atoms. The Morgan fingerprint density at radius 1 is 1.38 bits per heavy atom. The van der Waals surface area contributed by atoms with Gasteiger partial charge in [0.2, 0.25) is 0 Å². The summed E-state index contributed by atoms with van der Waals surface area (Å²) in [6.45, 7) is 2.69. The van der Waals surface area contributed by atoms with Crippen molar-refractivity contribution in [1.82, 2.24) is 0 Å². The van der Waals surface area contributed by atoms with Gasteiger partial charge in [-0.2, -0.15) is 8.42 Å². The number of ether oxygens (including phenoxy) is 1. The summed E-state index contributed by atoms with van der Waals surface area (Å²) in [4.78, 5) is 32.9. The number of ketones is 1. The Balaban J connectivity index is 3.36. The summed E-state index contributed by atoms with van der Waals surface area (Å²) in [6.07, 6.45) is 0. The van der Waals surface area contributed by atoms with Crippen LogP contribution < -0.4 is 5.32 Å². The zero-order chi connectivity index (χ0) is 18.7. The summed E-state index contributed by atoms with van der Waals surface area (Å²) in [7, 11) is -3.54. The molecule has 2 N–H and O–H groups in total. The van der Waals surface area contributed by atoms with E-state index in [1.165, 1.54) is 13.8 Å². The van der Waals surface area contributed by atoms with E-state index in [9.17, 15) is 28.1 Å². The van der Waals surface area contributed by atoms with Crippen molar-refractivity contribution in [3.05, 3.63) is 28.3 Å². The molecule has 0 saturated carbocycles. The average molecular weight is 360 g/mol. The van der Waals surface area contributed by atoms with E-state index in [1.807, 2.05) is 0 Å². The summed E-state index contributed by atoms with van der Waals surface area (Å²) in [6, 6.07) is 1.38. The molecule has 0 aromatic heterocycles. The van der Waals surface area contributed by atoms with Crippen LogP contribution in [0.5, 0.6) is 0 Å². The monoisotopic (exact) mass is 360 g/mol. The van der Waals surface area contributed by atoms with Crippen molar-refractivity contribution in [2.45, 2.75) is 24.8 Å². The fourth-order valence-corrected chi connectivity index (χ4v) is 2.36. The van der Waals surface area contributed by atoms with Gasteiger partial charge < -0.3 is 10.1 Å². The van der Waals surface area contributed by atoms with E-state index in [4.69, 9.17) is 4.55 Å². The first kappa shape index (κ1) is 19.5. The van der Waals surface area contributed by atoms with Crippen molar-refractivity contribution >= 4 is 33.2 Å². The fraction of sp³-hybridized carbons (Fsp3) is 0.385. The molecule has 10 nitrogen and oxygen atoms in total. The van der Waals surface area contributed by atoms with Crippen molar-refractivity contribution in [2.75, 3.05) is 12.4 Å². The average Bonchev–Trinajstić information content (AvgIpc) is 2.49. The van der Waals surface area contributed by atoms with Crippen molar-refractivity contribution < 1.29 is 32.2 Å². The molecule has 0 unspecified atom stereocenters. The molecule has 0 radical (unpaired) electrons. The van der Waals surface area contributed by atoms with Crippen LogP contribution in [0, 0.1) is 16.0 Å². The number of hydrogen-bond acceptors (Lipinski definition) is 8. The van der Waals surface area contributed by atoms with Gasteiger partial charge in [0.15, 0.2) is 0 Å². The van der Waals surface area contributed by atoms with Crippen LogP contribution in [0.15, 0.2) is 23.1 Å². The van der Waals surface area contributed by atoms with E-state index in [1.54, 1.807) is 0 Å². The largest absolute Gasteiger partial charge is 0.467 e. The summed E-state index contributed by atoms with van der Waals surface area (Å²) >= 11 is 0. The highest BCUT2D eigenvalue weighted by Gasteiger charge is 2.31. The van der Waals surface area contributed by atoms with Crippen LogP contribution in [0.1, 0.15) is 13.8 Å². The fourth-order valence-electron chi connectivity index (χ4n) is 1.86. The van der Waals surface area contributed by atoms with Crippen LogP contribution >= 0.6 is 0 Å². The van der Waals surface area contributed by atoms with Gasteiger partial charge in [0, 0.05) is 12.0 Å². The molecule has 0 aliphatic heterocycles. The van der Waals surface area contributed by atoms with Crippen molar-refractivity contribution in [3.63, 3.8) is 0 Å². The molecule has 0 amide bonds. The van der Waals surface area contributed by atoms with Gasteiger partial charge in [0.1, 0.15) is 22.4 Å². The lowest BCUT2D eigenvalue weighted by molar-refractivity contribution is -0.384. The quantitative estimate of drug-likeness (QED) is 0.314. The molecule has 1 rings (SSSR count). The second kappa shape index (κ2) is 7.36. The number of anilines is 1. The van der Waals surface area contributed by atoms with E-state index >= 15 is 0 Å².